The molecule has 1 atom stereocenters. The van der Waals surface area contributed by atoms with Crippen LogP contribution in [0, 0.1) is 0 Å². The Labute approximate surface area is 157 Å². The molecular weight excluding hydrogens is 381 g/mol. The minimum Gasteiger partial charge on any atom is -0.330 e. The summed E-state index contributed by atoms with van der Waals surface area (Å²) in [5.41, 5.74) is 1.30. The molecule has 0 N–H and O–H groups in total. The number of hydrogen-bond acceptors (Lipinski definition) is 3. The van der Waals surface area contributed by atoms with Gasteiger partial charge in [-0.3, -0.25) is 4.79 Å². The van der Waals surface area contributed by atoms with Crippen LogP contribution in [0.15, 0.2) is 48.5 Å². The number of nitrogens with zero attached hydrogens (tertiary/aromatic N) is 1. The predicted octanol–water partition coefficient (Wildman–Crippen LogP) is 3.82. The Kier molecular flexibility index (Phi) is 5.37. The van der Waals surface area contributed by atoms with E-state index in [1.807, 2.05) is 12.1 Å². The minimum absolute atomic E-state index is 0.0140. The van der Waals surface area contributed by atoms with Crippen LogP contribution in [0.5, 0.6) is 0 Å². The third-order valence-corrected chi connectivity index (χ3v) is 6.44. The molecule has 2 aromatic carbocycles. The number of halogens is 2. The van der Waals surface area contributed by atoms with Crippen LogP contribution in [0.2, 0.25) is 10.0 Å². The number of sulfone groups is 1. The number of carbonyl (C=O) groups is 1. The van der Waals surface area contributed by atoms with Gasteiger partial charge >= 0.3 is 0 Å². The highest BCUT2D eigenvalue weighted by Gasteiger charge is 2.35. The van der Waals surface area contributed by atoms with Crippen molar-refractivity contribution in [3.8, 4) is 0 Å². The van der Waals surface area contributed by atoms with Crippen LogP contribution in [-0.2, 0) is 16.4 Å². The number of benzene rings is 2. The first-order valence-electron chi connectivity index (χ1n) is 7.85. The van der Waals surface area contributed by atoms with E-state index in [0.717, 1.165) is 5.56 Å². The number of rotatable bonds is 4. The molecule has 0 radical (unpaired) electrons. The third kappa shape index (κ3) is 4.54. The molecule has 7 heteroatoms. The molecule has 1 saturated heterocycles. The van der Waals surface area contributed by atoms with Crippen LogP contribution < -0.4 is 0 Å². The zero-order chi connectivity index (χ0) is 18.0. The summed E-state index contributed by atoms with van der Waals surface area (Å²) < 4.78 is 23.8. The summed E-state index contributed by atoms with van der Waals surface area (Å²) in [7, 11) is -3.11. The monoisotopic (exact) mass is 397 g/mol. The maximum atomic E-state index is 13.0. The van der Waals surface area contributed by atoms with Gasteiger partial charge in [0.25, 0.3) is 5.91 Å². The normalized spacial score (nSPS) is 18.9. The third-order valence-electron chi connectivity index (χ3n) is 4.22. The van der Waals surface area contributed by atoms with E-state index < -0.39 is 9.84 Å². The molecule has 0 spiro atoms. The van der Waals surface area contributed by atoms with E-state index in [0.29, 0.717) is 28.6 Å². The maximum absolute atomic E-state index is 13.0. The molecule has 1 aliphatic heterocycles. The SMILES string of the molecule is O=C(c1cccc(Cl)c1)N(Cc1cccc(Cl)c1)[C@H]1CCS(=O)(=O)C1. The van der Waals surface area contributed by atoms with Gasteiger partial charge < -0.3 is 4.90 Å². The lowest BCUT2D eigenvalue weighted by Gasteiger charge is -2.28. The van der Waals surface area contributed by atoms with Crippen molar-refractivity contribution < 1.29 is 13.2 Å². The quantitative estimate of drug-likeness (QED) is 0.787. The largest absolute Gasteiger partial charge is 0.330 e. The van der Waals surface area contributed by atoms with E-state index in [9.17, 15) is 13.2 Å². The molecule has 4 nitrogen and oxygen atoms in total. The highest BCUT2D eigenvalue weighted by molar-refractivity contribution is 7.91. The van der Waals surface area contributed by atoms with E-state index in [4.69, 9.17) is 23.2 Å². The van der Waals surface area contributed by atoms with Crippen LogP contribution in [0.25, 0.3) is 0 Å². The highest BCUT2D eigenvalue weighted by Crippen LogP contribution is 2.24. The van der Waals surface area contributed by atoms with Crippen LogP contribution in [0.3, 0.4) is 0 Å². The molecule has 0 unspecified atom stereocenters. The fourth-order valence-electron chi connectivity index (χ4n) is 3.01. The number of carbonyl (C=O) groups excluding carboxylic acids is 1. The molecule has 1 fully saturated rings. The summed E-state index contributed by atoms with van der Waals surface area (Å²) in [5.74, 6) is -0.142. The van der Waals surface area contributed by atoms with Crippen molar-refractivity contribution in [3.05, 3.63) is 69.7 Å². The molecular formula is C18H17Cl2NO3S. The Morgan fingerprint density at radius 3 is 2.36 bits per heavy atom. The second-order valence-electron chi connectivity index (χ2n) is 6.13. The van der Waals surface area contributed by atoms with Crippen molar-refractivity contribution in [2.75, 3.05) is 11.5 Å². The molecule has 0 aromatic heterocycles. The molecule has 0 aliphatic carbocycles. The number of hydrogen-bond donors (Lipinski definition) is 0. The molecule has 3 rings (SSSR count). The van der Waals surface area contributed by atoms with Crippen LogP contribution in [0.4, 0.5) is 0 Å². The van der Waals surface area contributed by atoms with Crippen LogP contribution in [0.1, 0.15) is 22.3 Å². The molecule has 1 heterocycles. The topological polar surface area (TPSA) is 54.5 Å². The van der Waals surface area contributed by atoms with Crippen molar-refractivity contribution in [1.29, 1.82) is 0 Å². The second-order valence-corrected chi connectivity index (χ2v) is 9.23. The zero-order valence-electron chi connectivity index (χ0n) is 13.4. The van der Waals surface area contributed by atoms with Gasteiger partial charge in [-0.1, -0.05) is 41.4 Å². The Morgan fingerprint density at radius 2 is 1.76 bits per heavy atom. The Bertz CT molecular complexity index is 899. The fourth-order valence-corrected chi connectivity index (χ4v) is 5.14. The van der Waals surface area contributed by atoms with Crippen molar-refractivity contribution in [2.45, 2.75) is 19.0 Å². The number of amides is 1. The van der Waals surface area contributed by atoms with Gasteiger partial charge in [0, 0.05) is 28.2 Å². The standard InChI is InChI=1S/C18H17Cl2NO3S/c19-15-5-1-3-13(9-15)11-21(17-7-8-25(23,24)12-17)18(22)14-4-2-6-16(20)10-14/h1-6,9-10,17H,7-8,11-12H2/t17-/m0/s1. The lowest BCUT2D eigenvalue weighted by molar-refractivity contribution is 0.0681. The second kappa shape index (κ2) is 7.36. The molecule has 132 valence electrons. The summed E-state index contributed by atoms with van der Waals surface area (Å²) in [4.78, 5) is 14.6. The smallest absolute Gasteiger partial charge is 0.254 e. The minimum atomic E-state index is -3.11. The summed E-state index contributed by atoms with van der Waals surface area (Å²) in [6.45, 7) is 0.298. The van der Waals surface area contributed by atoms with E-state index in [1.165, 1.54) is 0 Å². The van der Waals surface area contributed by atoms with Crippen molar-refractivity contribution in [2.24, 2.45) is 0 Å². The predicted molar refractivity (Wildman–Crippen MR) is 99.8 cm³/mol. The van der Waals surface area contributed by atoms with Gasteiger partial charge in [0.05, 0.1) is 11.5 Å². The lowest BCUT2D eigenvalue weighted by Crippen LogP contribution is -2.40. The summed E-state index contributed by atoms with van der Waals surface area (Å²) in [6.07, 6.45) is 0.440. The fraction of sp³-hybridized carbons (Fsp3) is 0.278. The van der Waals surface area contributed by atoms with Gasteiger partial charge in [-0.05, 0) is 42.3 Å². The molecule has 0 bridgehead atoms. The van der Waals surface area contributed by atoms with Crippen molar-refractivity contribution >= 4 is 38.9 Å². The highest BCUT2D eigenvalue weighted by atomic mass is 35.5. The van der Waals surface area contributed by atoms with Gasteiger partial charge in [-0.2, -0.15) is 0 Å². The van der Waals surface area contributed by atoms with Gasteiger partial charge in [-0.25, -0.2) is 8.42 Å². The van der Waals surface area contributed by atoms with E-state index >= 15 is 0 Å². The van der Waals surface area contributed by atoms with Crippen LogP contribution in [-0.4, -0.2) is 36.8 Å². The van der Waals surface area contributed by atoms with E-state index in [1.54, 1.807) is 41.3 Å². The zero-order valence-corrected chi connectivity index (χ0v) is 15.7. The first kappa shape index (κ1) is 18.2. The van der Waals surface area contributed by atoms with Gasteiger partial charge in [0.1, 0.15) is 0 Å². The summed E-state index contributed by atoms with van der Waals surface area (Å²) in [5, 5.41) is 1.04. The Hall–Kier alpha value is -1.56. The molecule has 1 amide bonds. The van der Waals surface area contributed by atoms with Gasteiger partial charge in [0.2, 0.25) is 0 Å². The van der Waals surface area contributed by atoms with E-state index in [2.05, 4.69) is 0 Å². The summed E-state index contributed by atoms with van der Waals surface area (Å²) in [6, 6.07) is 13.5. The van der Waals surface area contributed by atoms with Crippen molar-refractivity contribution in [3.63, 3.8) is 0 Å². The summed E-state index contributed by atoms with van der Waals surface area (Å²) >= 11 is 12.0. The van der Waals surface area contributed by atoms with Gasteiger partial charge in [-0.15, -0.1) is 0 Å². The lowest BCUT2D eigenvalue weighted by atomic mass is 10.1. The first-order valence-corrected chi connectivity index (χ1v) is 10.4. The Morgan fingerprint density at radius 1 is 1.08 bits per heavy atom. The van der Waals surface area contributed by atoms with Crippen molar-refractivity contribution in [1.82, 2.24) is 4.90 Å². The maximum Gasteiger partial charge on any atom is 0.254 e. The molecule has 1 aliphatic rings. The molecule has 25 heavy (non-hydrogen) atoms. The average Bonchev–Trinajstić information content (AvgIpc) is 2.92. The van der Waals surface area contributed by atoms with Crippen LogP contribution >= 0.6 is 23.2 Å². The first-order chi connectivity index (χ1) is 11.8. The molecule has 0 saturated carbocycles. The van der Waals surface area contributed by atoms with E-state index in [-0.39, 0.29) is 23.5 Å². The molecule has 2 aromatic rings. The van der Waals surface area contributed by atoms with Gasteiger partial charge in [0.15, 0.2) is 9.84 Å². The Balaban J connectivity index is 1.92. The average molecular weight is 398 g/mol.